The first-order chi connectivity index (χ1) is 6.75. The summed E-state index contributed by atoms with van der Waals surface area (Å²) in [5, 5.41) is 4.26. The van der Waals surface area contributed by atoms with E-state index in [9.17, 15) is 4.79 Å². The molecule has 0 N–H and O–H groups in total. The minimum absolute atomic E-state index is 0.00278. The molecule has 1 aromatic heterocycles. The van der Waals surface area contributed by atoms with E-state index in [0.29, 0.717) is 5.56 Å². The fraction of sp³-hybridized carbons (Fsp3) is 0.636. The molecule has 1 heterocycles. The van der Waals surface area contributed by atoms with Crippen molar-refractivity contribution in [3.63, 3.8) is 0 Å². The second-order valence-electron chi connectivity index (χ2n) is 4.93. The van der Waals surface area contributed by atoms with Gasteiger partial charge < -0.3 is 4.90 Å². The largest absolute Gasteiger partial charge is 0.345 e. The summed E-state index contributed by atoms with van der Waals surface area (Å²) in [5.41, 5.74) is 1.51. The lowest BCUT2D eigenvalue weighted by atomic mass is 10.1. The Kier molecular flexibility index (Phi) is 2.88. The van der Waals surface area contributed by atoms with Gasteiger partial charge in [0.15, 0.2) is 0 Å². The molecule has 0 aliphatic heterocycles. The second kappa shape index (κ2) is 3.68. The van der Waals surface area contributed by atoms with Crippen molar-refractivity contribution >= 4 is 5.91 Å². The summed E-state index contributed by atoms with van der Waals surface area (Å²) >= 11 is 0. The van der Waals surface area contributed by atoms with Gasteiger partial charge in [-0.25, -0.2) is 0 Å². The Balaban J connectivity index is 3.16. The molecule has 0 spiro atoms. The maximum Gasteiger partial charge on any atom is 0.256 e. The van der Waals surface area contributed by atoms with E-state index >= 15 is 0 Å². The van der Waals surface area contributed by atoms with Crippen LogP contribution in [0.15, 0.2) is 6.20 Å². The first kappa shape index (κ1) is 11.8. The third-order valence-electron chi connectivity index (χ3n) is 2.28. The van der Waals surface area contributed by atoms with Gasteiger partial charge >= 0.3 is 0 Å². The summed E-state index contributed by atoms with van der Waals surface area (Å²) in [6.45, 7) is 8.12. The van der Waals surface area contributed by atoms with Gasteiger partial charge in [-0.15, -0.1) is 0 Å². The fourth-order valence-electron chi connectivity index (χ4n) is 1.54. The van der Waals surface area contributed by atoms with Crippen molar-refractivity contribution < 1.29 is 4.79 Å². The molecule has 1 amide bonds. The van der Waals surface area contributed by atoms with Crippen LogP contribution in [0.2, 0.25) is 0 Å². The zero-order chi connectivity index (χ0) is 11.8. The average molecular weight is 209 g/mol. The minimum Gasteiger partial charge on any atom is -0.345 e. The zero-order valence-electron chi connectivity index (χ0n) is 10.3. The summed E-state index contributed by atoms with van der Waals surface area (Å²) in [7, 11) is 3.49. The van der Waals surface area contributed by atoms with Gasteiger partial charge in [-0.2, -0.15) is 5.10 Å². The van der Waals surface area contributed by atoms with Crippen LogP contribution >= 0.6 is 0 Å². The Labute approximate surface area is 90.9 Å². The van der Waals surface area contributed by atoms with Crippen LogP contribution < -0.4 is 0 Å². The van der Waals surface area contributed by atoms with Crippen LogP contribution in [-0.2, 0) is 5.54 Å². The van der Waals surface area contributed by atoms with Crippen LogP contribution in [0.3, 0.4) is 0 Å². The third kappa shape index (κ3) is 2.19. The van der Waals surface area contributed by atoms with Crippen molar-refractivity contribution in [1.82, 2.24) is 14.7 Å². The topological polar surface area (TPSA) is 38.1 Å². The van der Waals surface area contributed by atoms with Gasteiger partial charge in [-0.05, 0) is 27.7 Å². The van der Waals surface area contributed by atoms with Gasteiger partial charge in [-0.1, -0.05) is 0 Å². The molecule has 0 radical (unpaired) electrons. The smallest absolute Gasteiger partial charge is 0.256 e. The fourth-order valence-corrected chi connectivity index (χ4v) is 1.54. The van der Waals surface area contributed by atoms with E-state index in [4.69, 9.17) is 0 Å². The van der Waals surface area contributed by atoms with Crippen molar-refractivity contribution in [3.05, 3.63) is 17.5 Å². The molecule has 1 aromatic rings. The number of amides is 1. The monoisotopic (exact) mass is 209 g/mol. The Bertz CT molecular complexity index is 372. The summed E-state index contributed by atoms with van der Waals surface area (Å²) in [6, 6.07) is 0. The number of carbonyl (C=O) groups is 1. The van der Waals surface area contributed by atoms with Crippen LogP contribution in [0.25, 0.3) is 0 Å². The van der Waals surface area contributed by atoms with E-state index in [1.165, 1.54) is 0 Å². The van der Waals surface area contributed by atoms with E-state index < -0.39 is 0 Å². The number of carbonyl (C=O) groups excluding carboxylic acids is 1. The summed E-state index contributed by atoms with van der Waals surface area (Å²) in [5.74, 6) is 0.00278. The molecule has 0 bridgehead atoms. The van der Waals surface area contributed by atoms with E-state index in [2.05, 4.69) is 25.9 Å². The minimum atomic E-state index is -0.0884. The Hall–Kier alpha value is -1.32. The lowest BCUT2D eigenvalue weighted by Crippen LogP contribution is -2.26. The van der Waals surface area contributed by atoms with Crippen LogP contribution in [-0.4, -0.2) is 34.7 Å². The van der Waals surface area contributed by atoms with Gasteiger partial charge in [0.25, 0.3) is 5.91 Å². The molecule has 0 aromatic carbocycles. The molecule has 0 fully saturated rings. The van der Waals surface area contributed by atoms with Crippen molar-refractivity contribution in [2.24, 2.45) is 0 Å². The van der Waals surface area contributed by atoms with Crippen molar-refractivity contribution in [2.75, 3.05) is 14.1 Å². The first-order valence-corrected chi connectivity index (χ1v) is 5.02. The summed E-state index contributed by atoms with van der Waals surface area (Å²) in [6.07, 6.45) is 1.64. The lowest BCUT2D eigenvalue weighted by Gasteiger charge is -2.21. The van der Waals surface area contributed by atoms with Crippen molar-refractivity contribution in [3.8, 4) is 0 Å². The zero-order valence-corrected chi connectivity index (χ0v) is 10.3. The SMILES string of the molecule is Cc1c(C(=O)N(C)C)cnn1C(C)(C)C. The predicted octanol–water partition coefficient (Wildman–Crippen LogP) is 1.65. The van der Waals surface area contributed by atoms with E-state index in [1.54, 1.807) is 25.2 Å². The van der Waals surface area contributed by atoms with Crippen molar-refractivity contribution in [1.29, 1.82) is 0 Å². The third-order valence-corrected chi connectivity index (χ3v) is 2.28. The number of hydrogen-bond acceptors (Lipinski definition) is 2. The molecule has 1 rings (SSSR count). The van der Waals surface area contributed by atoms with Gasteiger partial charge in [0.1, 0.15) is 0 Å². The highest BCUT2D eigenvalue weighted by Crippen LogP contribution is 2.18. The molecule has 4 heteroatoms. The number of hydrogen-bond donors (Lipinski definition) is 0. The van der Waals surface area contributed by atoms with Crippen molar-refractivity contribution in [2.45, 2.75) is 33.2 Å². The Morgan fingerprint density at radius 2 is 1.93 bits per heavy atom. The van der Waals surface area contributed by atoms with Gasteiger partial charge in [0, 0.05) is 19.8 Å². The van der Waals surface area contributed by atoms with Crippen LogP contribution in [0.4, 0.5) is 0 Å². The molecule has 15 heavy (non-hydrogen) atoms. The molecule has 84 valence electrons. The van der Waals surface area contributed by atoms with Gasteiger partial charge in [0.05, 0.1) is 17.3 Å². The van der Waals surface area contributed by atoms with Gasteiger partial charge in [-0.3, -0.25) is 9.48 Å². The van der Waals surface area contributed by atoms with Crippen LogP contribution in [0, 0.1) is 6.92 Å². The maximum atomic E-state index is 11.8. The molecule has 0 aliphatic carbocycles. The molecule has 0 aliphatic rings. The quantitative estimate of drug-likeness (QED) is 0.705. The lowest BCUT2D eigenvalue weighted by molar-refractivity contribution is 0.0826. The highest BCUT2D eigenvalue weighted by atomic mass is 16.2. The Morgan fingerprint density at radius 3 is 2.27 bits per heavy atom. The molecule has 0 atom stereocenters. The first-order valence-electron chi connectivity index (χ1n) is 5.02. The molecule has 0 saturated carbocycles. The number of nitrogens with zero attached hydrogens (tertiary/aromatic N) is 3. The molecule has 0 saturated heterocycles. The predicted molar refractivity (Wildman–Crippen MR) is 60.0 cm³/mol. The highest BCUT2D eigenvalue weighted by Gasteiger charge is 2.21. The standard InChI is InChI=1S/C11H19N3O/c1-8-9(10(15)13(5)6)7-12-14(8)11(2,3)4/h7H,1-6H3. The van der Waals surface area contributed by atoms with Crippen LogP contribution in [0.1, 0.15) is 36.8 Å². The van der Waals surface area contributed by atoms with Gasteiger partial charge in [0.2, 0.25) is 0 Å². The Morgan fingerprint density at radius 1 is 1.40 bits per heavy atom. The number of rotatable bonds is 1. The molecule has 4 nitrogen and oxygen atoms in total. The summed E-state index contributed by atoms with van der Waals surface area (Å²) < 4.78 is 1.88. The highest BCUT2D eigenvalue weighted by molar-refractivity contribution is 5.94. The van der Waals surface area contributed by atoms with Crippen LogP contribution in [0.5, 0.6) is 0 Å². The normalized spacial score (nSPS) is 11.6. The average Bonchev–Trinajstić information content (AvgIpc) is 2.44. The van der Waals surface area contributed by atoms with E-state index in [-0.39, 0.29) is 11.4 Å². The maximum absolute atomic E-state index is 11.8. The molecular formula is C11H19N3O. The number of aromatic nitrogens is 2. The molecular weight excluding hydrogens is 190 g/mol. The molecule has 0 unspecified atom stereocenters. The summed E-state index contributed by atoms with van der Waals surface area (Å²) in [4.78, 5) is 13.3. The van der Waals surface area contributed by atoms with E-state index in [0.717, 1.165) is 5.69 Å². The van der Waals surface area contributed by atoms with E-state index in [1.807, 2.05) is 11.6 Å². The second-order valence-corrected chi connectivity index (χ2v) is 4.93.